The van der Waals surface area contributed by atoms with Crippen molar-refractivity contribution in [3.05, 3.63) is 71.5 Å². The Morgan fingerprint density at radius 1 is 0.900 bits per heavy atom. The van der Waals surface area contributed by atoms with E-state index in [4.69, 9.17) is 4.98 Å². The van der Waals surface area contributed by atoms with E-state index in [1.807, 2.05) is 22.7 Å². The lowest BCUT2D eigenvalue weighted by molar-refractivity contribution is 1.18. The quantitative estimate of drug-likeness (QED) is 0.486. The fourth-order valence-corrected chi connectivity index (χ4v) is 3.00. The van der Waals surface area contributed by atoms with Gasteiger partial charge >= 0.3 is 0 Å². The number of aromatic nitrogens is 2. The zero-order chi connectivity index (χ0) is 13.5. The largest absolute Gasteiger partial charge is 0.306 e. The van der Waals surface area contributed by atoms with Crippen LogP contribution in [0.5, 0.6) is 0 Å². The highest BCUT2D eigenvalue weighted by atomic mass is 79.9. The summed E-state index contributed by atoms with van der Waals surface area (Å²) < 4.78 is 3.05. The zero-order valence-electron chi connectivity index (χ0n) is 10.6. The lowest BCUT2D eigenvalue weighted by Gasteiger charge is -2.02. The van der Waals surface area contributed by atoms with Crippen molar-refractivity contribution in [2.45, 2.75) is 0 Å². The first-order valence-corrected chi connectivity index (χ1v) is 7.23. The monoisotopic (exact) mass is 322 g/mol. The van der Waals surface area contributed by atoms with E-state index in [1.54, 1.807) is 0 Å². The van der Waals surface area contributed by atoms with Crippen LogP contribution in [0.1, 0.15) is 0 Å². The molecule has 2 aromatic carbocycles. The molecule has 0 aliphatic carbocycles. The maximum Gasteiger partial charge on any atom is 0.151 e. The predicted molar refractivity (Wildman–Crippen MR) is 85.8 cm³/mol. The van der Waals surface area contributed by atoms with Crippen molar-refractivity contribution in [2.24, 2.45) is 0 Å². The summed E-state index contributed by atoms with van der Waals surface area (Å²) in [6.07, 6.45) is 4.09. The van der Waals surface area contributed by atoms with Crippen molar-refractivity contribution in [1.82, 2.24) is 9.38 Å². The fraction of sp³-hybridized carbons (Fsp3) is 0. The summed E-state index contributed by atoms with van der Waals surface area (Å²) in [6, 6.07) is 18.7. The van der Waals surface area contributed by atoms with Gasteiger partial charge in [0.2, 0.25) is 0 Å². The Balaban J connectivity index is 2.04. The van der Waals surface area contributed by atoms with Gasteiger partial charge in [-0.05, 0) is 38.8 Å². The molecular weight excluding hydrogens is 312 g/mol. The van der Waals surface area contributed by atoms with Crippen LogP contribution in [0.25, 0.3) is 27.7 Å². The van der Waals surface area contributed by atoms with Crippen molar-refractivity contribution < 1.29 is 0 Å². The third kappa shape index (κ3) is 1.74. The van der Waals surface area contributed by atoms with Gasteiger partial charge < -0.3 is 4.40 Å². The van der Waals surface area contributed by atoms with E-state index in [0.717, 1.165) is 15.8 Å². The Hall–Kier alpha value is -2.13. The molecule has 0 spiro atoms. The Morgan fingerprint density at radius 2 is 1.75 bits per heavy atom. The van der Waals surface area contributed by atoms with E-state index >= 15 is 0 Å². The molecule has 2 aromatic heterocycles. The first kappa shape index (κ1) is 11.7. The summed E-state index contributed by atoms with van der Waals surface area (Å²) in [7, 11) is 0. The molecule has 3 heteroatoms. The van der Waals surface area contributed by atoms with Crippen LogP contribution in [0.4, 0.5) is 0 Å². The number of imidazole rings is 1. The molecule has 0 amide bonds. The first-order valence-electron chi connectivity index (χ1n) is 6.44. The van der Waals surface area contributed by atoms with Gasteiger partial charge in [-0.1, -0.05) is 42.5 Å². The Bertz CT molecular complexity index is 919. The summed E-state index contributed by atoms with van der Waals surface area (Å²) in [5, 5.41) is 2.47. The van der Waals surface area contributed by atoms with Gasteiger partial charge in [0.25, 0.3) is 0 Å². The normalized spacial score (nSPS) is 11.2. The molecule has 2 nitrogen and oxygen atoms in total. The minimum atomic E-state index is 0.940. The minimum Gasteiger partial charge on any atom is -0.306 e. The smallest absolute Gasteiger partial charge is 0.151 e. The molecule has 0 unspecified atom stereocenters. The number of benzene rings is 2. The van der Waals surface area contributed by atoms with Crippen molar-refractivity contribution in [3.8, 4) is 11.3 Å². The van der Waals surface area contributed by atoms with Gasteiger partial charge in [-0.25, -0.2) is 4.98 Å². The lowest BCUT2D eigenvalue weighted by atomic mass is 10.0. The molecule has 0 aliphatic heterocycles. The molecule has 0 bridgehead atoms. The molecule has 0 aliphatic rings. The number of fused-ring (bicyclic) bond motifs is 2. The molecule has 0 saturated heterocycles. The molecular formula is C17H11BrN2. The standard InChI is InChI=1S/C17H11BrN2/c18-15-9-4-10-20-11-16(19-17(15)20)14-8-3-6-12-5-1-2-7-13(12)14/h1-11H. The van der Waals surface area contributed by atoms with E-state index < -0.39 is 0 Å². The van der Waals surface area contributed by atoms with Gasteiger partial charge in [0.05, 0.1) is 10.2 Å². The molecule has 0 saturated carbocycles. The Kier molecular flexibility index (Phi) is 2.60. The molecule has 0 radical (unpaired) electrons. The minimum absolute atomic E-state index is 0.940. The highest BCUT2D eigenvalue weighted by Crippen LogP contribution is 2.29. The molecule has 4 rings (SSSR count). The van der Waals surface area contributed by atoms with Crippen LogP contribution in [0.2, 0.25) is 0 Å². The average molecular weight is 323 g/mol. The molecule has 0 fully saturated rings. The van der Waals surface area contributed by atoms with Crippen LogP contribution in [-0.4, -0.2) is 9.38 Å². The average Bonchev–Trinajstić information content (AvgIpc) is 2.92. The van der Waals surface area contributed by atoms with Gasteiger partial charge in [-0.15, -0.1) is 0 Å². The van der Waals surface area contributed by atoms with Crippen LogP contribution in [0.3, 0.4) is 0 Å². The maximum atomic E-state index is 4.75. The van der Waals surface area contributed by atoms with Crippen molar-refractivity contribution in [1.29, 1.82) is 0 Å². The van der Waals surface area contributed by atoms with Crippen molar-refractivity contribution >= 4 is 32.3 Å². The highest BCUT2D eigenvalue weighted by molar-refractivity contribution is 9.10. The molecule has 0 atom stereocenters. The molecule has 0 N–H and O–H groups in total. The molecule has 96 valence electrons. The third-order valence-corrected chi connectivity index (χ3v) is 4.12. The van der Waals surface area contributed by atoms with Crippen molar-refractivity contribution in [3.63, 3.8) is 0 Å². The highest BCUT2D eigenvalue weighted by Gasteiger charge is 2.09. The van der Waals surface area contributed by atoms with Crippen LogP contribution >= 0.6 is 15.9 Å². The first-order chi connectivity index (χ1) is 9.83. The van der Waals surface area contributed by atoms with Gasteiger partial charge in [0.15, 0.2) is 5.65 Å². The fourth-order valence-electron chi connectivity index (χ4n) is 2.56. The number of halogens is 1. The second-order valence-corrected chi connectivity index (χ2v) is 5.59. The number of pyridine rings is 1. The predicted octanol–water partition coefficient (Wildman–Crippen LogP) is 4.92. The molecule has 2 heterocycles. The maximum absolute atomic E-state index is 4.75. The number of rotatable bonds is 1. The van der Waals surface area contributed by atoms with Gasteiger partial charge in [0.1, 0.15) is 0 Å². The van der Waals surface area contributed by atoms with Gasteiger partial charge in [-0.2, -0.15) is 0 Å². The SMILES string of the molecule is Brc1cccn2cc(-c3cccc4ccccc34)nc12. The van der Waals surface area contributed by atoms with Crippen LogP contribution in [-0.2, 0) is 0 Å². The van der Waals surface area contributed by atoms with Crippen LogP contribution < -0.4 is 0 Å². The summed E-state index contributed by atoms with van der Waals surface area (Å²) in [5.74, 6) is 0. The number of hydrogen-bond donors (Lipinski definition) is 0. The topological polar surface area (TPSA) is 17.3 Å². The Labute approximate surface area is 124 Å². The van der Waals surface area contributed by atoms with E-state index in [2.05, 4.69) is 64.6 Å². The molecule has 4 aromatic rings. The van der Waals surface area contributed by atoms with E-state index in [-0.39, 0.29) is 0 Å². The lowest BCUT2D eigenvalue weighted by Crippen LogP contribution is -1.81. The summed E-state index contributed by atoms with van der Waals surface area (Å²) >= 11 is 3.55. The van der Waals surface area contributed by atoms with E-state index in [1.165, 1.54) is 16.3 Å². The summed E-state index contributed by atoms with van der Waals surface area (Å²) in [6.45, 7) is 0. The van der Waals surface area contributed by atoms with Crippen molar-refractivity contribution in [2.75, 3.05) is 0 Å². The number of hydrogen-bond acceptors (Lipinski definition) is 1. The Morgan fingerprint density at radius 3 is 2.65 bits per heavy atom. The second-order valence-electron chi connectivity index (χ2n) is 4.74. The van der Waals surface area contributed by atoms with Crippen LogP contribution in [0, 0.1) is 0 Å². The zero-order valence-corrected chi connectivity index (χ0v) is 12.2. The van der Waals surface area contributed by atoms with Gasteiger partial charge in [-0.3, -0.25) is 0 Å². The van der Waals surface area contributed by atoms with Crippen LogP contribution in [0.15, 0.2) is 71.5 Å². The van der Waals surface area contributed by atoms with E-state index in [9.17, 15) is 0 Å². The third-order valence-electron chi connectivity index (χ3n) is 3.50. The van der Waals surface area contributed by atoms with E-state index in [0.29, 0.717) is 0 Å². The number of nitrogens with zero attached hydrogens (tertiary/aromatic N) is 2. The summed E-state index contributed by atoms with van der Waals surface area (Å²) in [5.41, 5.74) is 3.10. The summed E-state index contributed by atoms with van der Waals surface area (Å²) in [4.78, 5) is 4.75. The molecule has 20 heavy (non-hydrogen) atoms. The second kappa shape index (κ2) is 4.46. The van der Waals surface area contributed by atoms with Gasteiger partial charge in [0, 0.05) is 18.0 Å².